The highest BCUT2D eigenvalue weighted by Crippen LogP contribution is 2.32. The highest BCUT2D eigenvalue weighted by atomic mass is 19.4. The number of hydrogen-bond acceptors (Lipinski definition) is 5. The van der Waals surface area contributed by atoms with E-state index in [9.17, 15) is 27.5 Å². The number of piperidine rings is 1. The second kappa shape index (κ2) is 10.9. The summed E-state index contributed by atoms with van der Waals surface area (Å²) in [6, 6.07) is 10.1. The maximum atomic E-state index is 13.8. The topological polar surface area (TPSA) is 65.0 Å². The van der Waals surface area contributed by atoms with Gasteiger partial charge in [-0.25, -0.2) is 4.39 Å². The molecule has 2 aromatic carbocycles. The minimum atomic E-state index is -4.44. The van der Waals surface area contributed by atoms with E-state index in [4.69, 9.17) is 4.74 Å². The first-order valence-corrected chi connectivity index (χ1v) is 11.7. The lowest BCUT2D eigenvalue weighted by Crippen LogP contribution is -2.53. The number of alkyl halides is 3. The number of aliphatic hydroxyl groups excluding tert-OH is 1. The van der Waals surface area contributed by atoms with Gasteiger partial charge in [-0.1, -0.05) is 12.1 Å². The molecule has 2 aliphatic heterocycles. The number of anilines is 1. The lowest BCUT2D eigenvalue weighted by atomic mass is 10.0. The van der Waals surface area contributed by atoms with Crippen LogP contribution in [-0.4, -0.2) is 66.9 Å². The maximum Gasteiger partial charge on any atom is 0.416 e. The van der Waals surface area contributed by atoms with Crippen LogP contribution in [0.15, 0.2) is 48.5 Å². The Hall–Kier alpha value is -2.69. The first kappa shape index (κ1) is 25.4. The fourth-order valence-electron chi connectivity index (χ4n) is 4.77. The van der Waals surface area contributed by atoms with E-state index >= 15 is 0 Å². The number of nitrogens with one attached hydrogen (secondary N) is 1. The molecule has 4 rings (SSSR count). The standard InChI is InChI=1S/C25H29F4N3O3/c26-21-3-1-2-4-23(21)35-16-20(33)15-32(19-9-12-30-13-10-19)22-11-14-31(24(22)34)18-7-5-17(6-8-18)25(27,28)29/h1-8,19-20,22,30,33H,9-16H2/t20-,22-/m1/s1. The lowest BCUT2D eigenvalue weighted by Gasteiger charge is -2.39. The van der Waals surface area contributed by atoms with Crippen LogP contribution in [0.2, 0.25) is 0 Å². The first-order chi connectivity index (χ1) is 16.7. The van der Waals surface area contributed by atoms with Crippen LogP contribution in [0.25, 0.3) is 0 Å². The second-order valence-electron chi connectivity index (χ2n) is 8.91. The SMILES string of the molecule is O=C1[C@H](N(C[C@@H](O)COc2ccccc2F)C2CCNCC2)CCN1c1ccc(C(F)(F)F)cc1. The van der Waals surface area contributed by atoms with Crippen molar-refractivity contribution in [1.29, 1.82) is 0 Å². The molecule has 2 fully saturated rings. The number of aliphatic hydroxyl groups is 1. The number of ether oxygens (including phenoxy) is 1. The normalized spacial score (nSPS) is 20.5. The van der Waals surface area contributed by atoms with E-state index in [1.165, 1.54) is 29.2 Å². The van der Waals surface area contributed by atoms with Gasteiger partial charge in [0.1, 0.15) is 12.7 Å². The van der Waals surface area contributed by atoms with Crippen molar-refractivity contribution >= 4 is 11.6 Å². The maximum absolute atomic E-state index is 13.8. The molecule has 2 aromatic rings. The zero-order valence-electron chi connectivity index (χ0n) is 19.2. The zero-order valence-corrected chi connectivity index (χ0v) is 19.2. The molecule has 2 aliphatic rings. The molecule has 190 valence electrons. The van der Waals surface area contributed by atoms with Gasteiger partial charge in [-0.05, 0) is 68.8 Å². The number of para-hydroxylation sites is 1. The fourth-order valence-corrected chi connectivity index (χ4v) is 4.77. The molecule has 0 saturated carbocycles. The van der Waals surface area contributed by atoms with Crippen molar-refractivity contribution in [3.63, 3.8) is 0 Å². The van der Waals surface area contributed by atoms with E-state index in [1.807, 2.05) is 4.90 Å². The summed E-state index contributed by atoms with van der Waals surface area (Å²) in [7, 11) is 0. The van der Waals surface area contributed by atoms with Crippen molar-refractivity contribution in [1.82, 2.24) is 10.2 Å². The van der Waals surface area contributed by atoms with E-state index < -0.39 is 29.7 Å². The first-order valence-electron chi connectivity index (χ1n) is 11.7. The molecular formula is C25H29F4N3O3. The van der Waals surface area contributed by atoms with Gasteiger partial charge >= 0.3 is 6.18 Å². The monoisotopic (exact) mass is 495 g/mol. The molecule has 2 saturated heterocycles. The van der Waals surface area contributed by atoms with Crippen LogP contribution in [0.3, 0.4) is 0 Å². The van der Waals surface area contributed by atoms with Gasteiger partial charge in [0.05, 0.1) is 11.6 Å². The Balaban J connectivity index is 1.45. The fraction of sp³-hybridized carbons (Fsp3) is 0.480. The van der Waals surface area contributed by atoms with Gasteiger partial charge in [-0.2, -0.15) is 13.2 Å². The van der Waals surface area contributed by atoms with Crippen LogP contribution in [0.4, 0.5) is 23.2 Å². The molecule has 0 spiro atoms. The molecule has 35 heavy (non-hydrogen) atoms. The van der Waals surface area contributed by atoms with E-state index in [2.05, 4.69) is 5.32 Å². The highest BCUT2D eigenvalue weighted by molar-refractivity contribution is 5.99. The summed E-state index contributed by atoms with van der Waals surface area (Å²) in [4.78, 5) is 16.9. The van der Waals surface area contributed by atoms with Crippen molar-refractivity contribution in [3.05, 3.63) is 59.9 Å². The van der Waals surface area contributed by atoms with E-state index in [-0.39, 0.29) is 30.9 Å². The van der Waals surface area contributed by atoms with Crippen molar-refractivity contribution in [2.24, 2.45) is 0 Å². The van der Waals surface area contributed by atoms with Gasteiger partial charge in [0, 0.05) is 24.8 Å². The number of benzene rings is 2. The summed E-state index contributed by atoms with van der Waals surface area (Å²) >= 11 is 0. The number of carbonyl (C=O) groups excluding carboxylic acids is 1. The molecule has 2 N–H and O–H groups in total. The molecule has 0 bridgehead atoms. The molecule has 10 heteroatoms. The van der Waals surface area contributed by atoms with Crippen LogP contribution in [0.1, 0.15) is 24.8 Å². The third-order valence-corrected chi connectivity index (χ3v) is 6.55. The number of amides is 1. The summed E-state index contributed by atoms with van der Waals surface area (Å²) in [5.41, 5.74) is -0.349. The van der Waals surface area contributed by atoms with Crippen molar-refractivity contribution in [3.8, 4) is 5.75 Å². The number of rotatable bonds is 8. The Morgan fingerprint density at radius 1 is 1.09 bits per heavy atom. The summed E-state index contributed by atoms with van der Waals surface area (Å²) in [5.74, 6) is -0.677. The van der Waals surface area contributed by atoms with Crippen LogP contribution in [0, 0.1) is 5.82 Å². The van der Waals surface area contributed by atoms with Crippen molar-refractivity contribution in [2.45, 2.75) is 43.6 Å². The van der Waals surface area contributed by atoms with Crippen LogP contribution < -0.4 is 15.0 Å². The third-order valence-electron chi connectivity index (χ3n) is 6.55. The number of hydrogen-bond donors (Lipinski definition) is 2. The van der Waals surface area contributed by atoms with Gasteiger partial charge in [0.15, 0.2) is 11.6 Å². The van der Waals surface area contributed by atoms with Crippen molar-refractivity contribution in [2.75, 3.05) is 37.7 Å². The summed E-state index contributed by atoms with van der Waals surface area (Å²) in [6.07, 6.45) is -3.32. The number of halogens is 4. The molecule has 0 unspecified atom stereocenters. The van der Waals surface area contributed by atoms with Gasteiger partial charge in [-0.15, -0.1) is 0 Å². The third kappa shape index (κ3) is 6.12. The van der Waals surface area contributed by atoms with E-state index in [0.717, 1.165) is 38.1 Å². The Bertz CT molecular complexity index is 996. The number of carbonyl (C=O) groups is 1. The van der Waals surface area contributed by atoms with Crippen LogP contribution >= 0.6 is 0 Å². The van der Waals surface area contributed by atoms with Gasteiger partial charge in [-0.3, -0.25) is 9.69 Å². The van der Waals surface area contributed by atoms with Crippen LogP contribution in [-0.2, 0) is 11.0 Å². The summed E-state index contributed by atoms with van der Waals surface area (Å²) in [5, 5.41) is 14.0. The molecule has 2 atom stereocenters. The molecule has 6 nitrogen and oxygen atoms in total. The predicted molar refractivity (Wildman–Crippen MR) is 123 cm³/mol. The average molecular weight is 496 g/mol. The highest BCUT2D eigenvalue weighted by Gasteiger charge is 2.40. The molecule has 0 aromatic heterocycles. The Morgan fingerprint density at radius 3 is 2.43 bits per heavy atom. The molecule has 0 aliphatic carbocycles. The van der Waals surface area contributed by atoms with E-state index in [1.54, 1.807) is 12.1 Å². The van der Waals surface area contributed by atoms with Gasteiger partial charge in [0.25, 0.3) is 0 Å². The Kier molecular flexibility index (Phi) is 7.93. The van der Waals surface area contributed by atoms with Crippen molar-refractivity contribution < 1.29 is 32.2 Å². The molecular weight excluding hydrogens is 466 g/mol. The zero-order chi connectivity index (χ0) is 25.0. The lowest BCUT2D eigenvalue weighted by molar-refractivity contribution is -0.137. The smallest absolute Gasteiger partial charge is 0.416 e. The van der Waals surface area contributed by atoms with Gasteiger partial charge in [0.2, 0.25) is 5.91 Å². The molecule has 0 radical (unpaired) electrons. The predicted octanol–water partition coefficient (Wildman–Crippen LogP) is 3.44. The average Bonchev–Trinajstić information content (AvgIpc) is 3.23. The largest absolute Gasteiger partial charge is 0.488 e. The van der Waals surface area contributed by atoms with Crippen LogP contribution in [0.5, 0.6) is 5.75 Å². The summed E-state index contributed by atoms with van der Waals surface area (Å²) < 4.78 is 58.0. The number of nitrogens with zero attached hydrogens (tertiary/aromatic N) is 2. The molecule has 1 amide bonds. The van der Waals surface area contributed by atoms with Gasteiger partial charge < -0.3 is 20.1 Å². The summed E-state index contributed by atoms with van der Waals surface area (Å²) in [6.45, 7) is 1.97. The quantitative estimate of drug-likeness (QED) is 0.550. The second-order valence-corrected chi connectivity index (χ2v) is 8.91. The Labute approximate surface area is 201 Å². The molecule has 2 heterocycles. The minimum absolute atomic E-state index is 0.0467. The van der Waals surface area contributed by atoms with E-state index in [0.29, 0.717) is 18.7 Å². The minimum Gasteiger partial charge on any atom is -0.488 e. The Morgan fingerprint density at radius 2 is 1.77 bits per heavy atom.